The normalized spacial score (nSPS) is 15.7. The van der Waals surface area contributed by atoms with Gasteiger partial charge < -0.3 is 15.1 Å². The first-order chi connectivity index (χ1) is 16.9. The first kappa shape index (κ1) is 25.2. The van der Waals surface area contributed by atoms with Crippen molar-refractivity contribution in [2.24, 2.45) is 0 Å². The maximum absolute atomic E-state index is 13.0. The number of carbonyl (C=O) groups is 2. The standard InChI is InChI=1S/C24H24Cl2N6O2S/c1-16-14-31(9-10-32(16)23(34)18-6-2-3-7-19(18)25)21-11-20(26)29-24(30-21)35-15-22(33)28-13-17-5-4-8-27-12-17/h2-8,11-12,16H,9-10,13-15H2,1H3,(H,28,33). The molecule has 2 amide bonds. The van der Waals surface area contributed by atoms with Crippen molar-refractivity contribution >= 4 is 52.6 Å². The number of anilines is 1. The predicted octanol–water partition coefficient (Wildman–Crippen LogP) is 3.94. The van der Waals surface area contributed by atoms with Crippen LogP contribution in [-0.4, -0.2) is 63.1 Å². The van der Waals surface area contributed by atoms with Gasteiger partial charge in [-0.3, -0.25) is 14.6 Å². The number of pyridine rings is 1. The van der Waals surface area contributed by atoms with E-state index in [1.807, 2.05) is 24.0 Å². The minimum atomic E-state index is -0.135. The van der Waals surface area contributed by atoms with Gasteiger partial charge in [-0.2, -0.15) is 0 Å². The quantitative estimate of drug-likeness (QED) is 0.281. The van der Waals surface area contributed by atoms with Crippen molar-refractivity contribution in [3.05, 3.63) is 76.2 Å². The number of aromatic nitrogens is 3. The van der Waals surface area contributed by atoms with Crippen LogP contribution in [0.15, 0.2) is 60.0 Å². The molecule has 3 aromatic rings. The molecule has 0 aliphatic carbocycles. The molecule has 1 saturated heterocycles. The zero-order valence-corrected chi connectivity index (χ0v) is 21.4. The van der Waals surface area contributed by atoms with E-state index in [4.69, 9.17) is 23.2 Å². The molecule has 1 unspecified atom stereocenters. The fraction of sp³-hybridized carbons (Fsp3) is 0.292. The number of hydrogen-bond donors (Lipinski definition) is 1. The minimum absolute atomic E-state index is 0.0596. The molecule has 1 aliphatic rings. The molecular formula is C24H24Cl2N6O2S. The largest absolute Gasteiger partial charge is 0.353 e. The van der Waals surface area contributed by atoms with Crippen molar-refractivity contribution in [2.75, 3.05) is 30.3 Å². The lowest BCUT2D eigenvalue weighted by Gasteiger charge is -2.40. The molecule has 1 aliphatic heterocycles. The Kier molecular flexibility index (Phi) is 8.43. The van der Waals surface area contributed by atoms with Crippen LogP contribution in [0.3, 0.4) is 0 Å². The highest BCUT2D eigenvalue weighted by Crippen LogP contribution is 2.25. The number of rotatable bonds is 7. The summed E-state index contributed by atoms with van der Waals surface area (Å²) in [5, 5.41) is 4.02. The number of benzene rings is 1. The van der Waals surface area contributed by atoms with E-state index in [-0.39, 0.29) is 23.6 Å². The van der Waals surface area contributed by atoms with Gasteiger partial charge in [0, 0.05) is 50.7 Å². The summed E-state index contributed by atoms with van der Waals surface area (Å²) in [5.41, 5.74) is 1.42. The molecule has 1 fully saturated rings. The van der Waals surface area contributed by atoms with E-state index < -0.39 is 0 Å². The van der Waals surface area contributed by atoms with E-state index in [1.54, 1.807) is 42.7 Å². The number of carbonyl (C=O) groups excluding carboxylic acids is 2. The maximum Gasteiger partial charge on any atom is 0.255 e. The fourth-order valence-corrected chi connectivity index (χ4v) is 4.88. The Bertz CT molecular complexity index is 1200. The van der Waals surface area contributed by atoms with Gasteiger partial charge in [-0.25, -0.2) is 9.97 Å². The highest BCUT2D eigenvalue weighted by Gasteiger charge is 2.30. The van der Waals surface area contributed by atoms with E-state index in [0.717, 1.165) is 5.56 Å². The molecule has 3 heterocycles. The van der Waals surface area contributed by atoms with E-state index in [0.29, 0.717) is 52.9 Å². The SMILES string of the molecule is CC1CN(c2cc(Cl)nc(SCC(=O)NCc3cccnc3)n2)CCN1C(=O)c1ccccc1Cl. The Morgan fingerprint density at radius 1 is 1.14 bits per heavy atom. The summed E-state index contributed by atoms with van der Waals surface area (Å²) in [6, 6.07) is 12.4. The highest BCUT2D eigenvalue weighted by atomic mass is 35.5. The smallest absolute Gasteiger partial charge is 0.255 e. The average Bonchev–Trinajstić information content (AvgIpc) is 2.86. The third-order valence-corrected chi connectivity index (χ3v) is 6.89. The summed E-state index contributed by atoms with van der Waals surface area (Å²) in [6.45, 7) is 4.09. The number of thioether (sulfide) groups is 1. The zero-order chi connectivity index (χ0) is 24.8. The van der Waals surface area contributed by atoms with Gasteiger partial charge in [0.05, 0.1) is 16.3 Å². The lowest BCUT2D eigenvalue weighted by Crippen LogP contribution is -2.54. The van der Waals surface area contributed by atoms with Crippen molar-refractivity contribution in [1.29, 1.82) is 0 Å². The minimum Gasteiger partial charge on any atom is -0.353 e. The second-order valence-corrected chi connectivity index (χ2v) is 9.77. The molecule has 8 nitrogen and oxygen atoms in total. The van der Waals surface area contributed by atoms with Crippen molar-refractivity contribution in [2.45, 2.75) is 24.7 Å². The van der Waals surface area contributed by atoms with Crippen LogP contribution in [0.25, 0.3) is 0 Å². The lowest BCUT2D eigenvalue weighted by atomic mass is 10.1. The number of hydrogen-bond acceptors (Lipinski definition) is 7. The molecule has 1 aromatic carbocycles. The molecule has 1 N–H and O–H groups in total. The second kappa shape index (κ2) is 11.7. The van der Waals surface area contributed by atoms with Crippen LogP contribution in [0.1, 0.15) is 22.8 Å². The van der Waals surface area contributed by atoms with Crippen LogP contribution in [0.4, 0.5) is 5.82 Å². The fourth-order valence-electron chi connectivity index (χ4n) is 3.75. The number of halogens is 2. The third kappa shape index (κ3) is 6.62. The van der Waals surface area contributed by atoms with Crippen molar-refractivity contribution in [3.8, 4) is 0 Å². The van der Waals surface area contributed by atoms with Crippen LogP contribution < -0.4 is 10.2 Å². The summed E-state index contributed by atoms with van der Waals surface area (Å²) < 4.78 is 0. The summed E-state index contributed by atoms with van der Waals surface area (Å²) in [4.78, 5) is 42.0. The van der Waals surface area contributed by atoms with Gasteiger partial charge >= 0.3 is 0 Å². The van der Waals surface area contributed by atoms with E-state index >= 15 is 0 Å². The molecule has 4 rings (SSSR count). The van der Waals surface area contributed by atoms with Crippen LogP contribution in [0.2, 0.25) is 10.2 Å². The maximum atomic E-state index is 13.0. The Morgan fingerprint density at radius 2 is 1.97 bits per heavy atom. The van der Waals surface area contributed by atoms with Gasteiger partial charge in [-0.1, -0.05) is 53.2 Å². The number of nitrogens with zero attached hydrogens (tertiary/aromatic N) is 5. The van der Waals surface area contributed by atoms with Crippen LogP contribution >= 0.6 is 35.0 Å². The number of nitrogens with one attached hydrogen (secondary N) is 1. The molecule has 1 atom stereocenters. The Hall–Kier alpha value is -2.88. The first-order valence-corrected chi connectivity index (χ1v) is 12.8. The molecule has 0 bridgehead atoms. The van der Waals surface area contributed by atoms with Gasteiger partial charge in [0.2, 0.25) is 5.91 Å². The number of piperazine rings is 1. The second-order valence-electron chi connectivity index (χ2n) is 8.03. The molecule has 11 heteroatoms. The van der Waals surface area contributed by atoms with Gasteiger partial charge in [0.1, 0.15) is 11.0 Å². The molecule has 2 aromatic heterocycles. The summed E-state index contributed by atoms with van der Waals surface area (Å²) >= 11 is 13.7. The van der Waals surface area contributed by atoms with Gasteiger partial charge in [0.15, 0.2) is 5.16 Å². The van der Waals surface area contributed by atoms with Gasteiger partial charge in [0.25, 0.3) is 5.91 Å². The highest BCUT2D eigenvalue weighted by molar-refractivity contribution is 7.99. The average molecular weight is 531 g/mol. The van der Waals surface area contributed by atoms with Gasteiger partial charge in [-0.15, -0.1) is 0 Å². The monoisotopic (exact) mass is 530 g/mol. The Labute approximate surface area is 218 Å². The van der Waals surface area contributed by atoms with Gasteiger partial charge in [-0.05, 0) is 30.7 Å². The first-order valence-electron chi connectivity index (χ1n) is 11.0. The van der Waals surface area contributed by atoms with E-state index in [9.17, 15) is 9.59 Å². The molecule has 0 spiro atoms. The molecule has 182 valence electrons. The molecule has 0 radical (unpaired) electrons. The summed E-state index contributed by atoms with van der Waals surface area (Å²) in [5.74, 6) is 0.609. The van der Waals surface area contributed by atoms with Crippen LogP contribution in [-0.2, 0) is 11.3 Å². The van der Waals surface area contributed by atoms with Crippen LogP contribution in [0.5, 0.6) is 0 Å². The zero-order valence-electron chi connectivity index (χ0n) is 19.0. The molecular weight excluding hydrogens is 507 g/mol. The summed E-state index contributed by atoms with van der Waals surface area (Å²) in [7, 11) is 0. The van der Waals surface area contributed by atoms with Crippen molar-refractivity contribution in [3.63, 3.8) is 0 Å². The Morgan fingerprint density at radius 3 is 2.71 bits per heavy atom. The topological polar surface area (TPSA) is 91.3 Å². The lowest BCUT2D eigenvalue weighted by molar-refractivity contribution is -0.118. The van der Waals surface area contributed by atoms with E-state index in [2.05, 4.69) is 25.2 Å². The summed E-state index contributed by atoms with van der Waals surface area (Å²) in [6.07, 6.45) is 3.40. The van der Waals surface area contributed by atoms with Crippen LogP contribution in [0, 0.1) is 0 Å². The predicted molar refractivity (Wildman–Crippen MR) is 138 cm³/mol. The Balaban J connectivity index is 1.35. The van der Waals surface area contributed by atoms with E-state index in [1.165, 1.54) is 11.8 Å². The molecule has 35 heavy (non-hydrogen) atoms. The van der Waals surface area contributed by atoms with Crippen molar-refractivity contribution < 1.29 is 9.59 Å². The van der Waals surface area contributed by atoms with Crippen molar-refractivity contribution in [1.82, 2.24) is 25.2 Å². The number of amides is 2. The molecule has 0 saturated carbocycles. The third-order valence-electron chi connectivity index (χ3n) is 5.52.